The standard InChI is InChI=1S/C13H21N3OS/c1-2-3-7-16(8-9-17)10-11-5-4-6-15-12(11)13(14)18/h4-6,17H,2-3,7-10H2,1H3,(H2,14,18). The molecule has 0 aliphatic rings. The van der Waals surface area contributed by atoms with Gasteiger partial charge in [-0.05, 0) is 24.6 Å². The molecule has 0 bridgehead atoms. The zero-order valence-electron chi connectivity index (χ0n) is 10.8. The molecule has 0 aromatic carbocycles. The van der Waals surface area contributed by atoms with E-state index >= 15 is 0 Å². The zero-order chi connectivity index (χ0) is 13.4. The third-order valence-electron chi connectivity index (χ3n) is 2.76. The van der Waals surface area contributed by atoms with Gasteiger partial charge >= 0.3 is 0 Å². The lowest BCUT2D eigenvalue weighted by Gasteiger charge is -2.22. The normalized spacial score (nSPS) is 10.8. The minimum atomic E-state index is 0.159. The summed E-state index contributed by atoms with van der Waals surface area (Å²) >= 11 is 5.00. The van der Waals surface area contributed by atoms with Gasteiger partial charge in [-0.15, -0.1) is 0 Å². The summed E-state index contributed by atoms with van der Waals surface area (Å²) in [6.45, 7) is 4.66. The Kier molecular flexibility index (Phi) is 6.78. The first-order chi connectivity index (χ1) is 8.69. The lowest BCUT2D eigenvalue weighted by molar-refractivity contribution is 0.188. The third kappa shape index (κ3) is 4.68. The number of unbranched alkanes of at least 4 members (excludes halogenated alkanes) is 1. The average Bonchev–Trinajstić information content (AvgIpc) is 2.36. The summed E-state index contributed by atoms with van der Waals surface area (Å²) in [5.74, 6) is 0. The van der Waals surface area contributed by atoms with E-state index in [1.165, 1.54) is 0 Å². The van der Waals surface area contributed by atoms with Gasteiger partial charge < -0.3 is 10.8 Å². The summed E-state index contributed by atoms with van der Waals surface area (Å²) in [6, 6.07) is 3.87. The highest BCUT2D eigenvalue weighted by molar-refractivity contribution is 7.80. The van der Waals surface area contributed by atoms with E-state index in [1.54, 1.807) is 6.20 Å². The van der Waals surface area contributed by atoms with Crippen LogP contribution in [0, 0.1) is 0 Å². The molecule has 0 saturated heterocycles. The van der Waals surface area contributed by atoms with Crippen LogP contribution >= 0.6 is 12.2 Å². The molecule has 0 fully saturated rings. The largest absolute Gasteiger partial charge is 0.395 e. The Morgan fingerprint density at radius 1 is 1.50 bits per heavy atom. The van der Waals surface area contributed by atoms with Gasteiger partial charge in [-0.2, -0.15) is 0 Å². The molecular formula is C13H21N3OS. The Balaban J connectivity index is 2.76. The molecule has 100 valence electrons. The van der Waals surface area contributed by atoms with Crippen LogP contribution in [0.3, 0.4) is 0 Å². The second-order valence-corrected chi connectivity index (χ2v) is 4.67. The Morgan fingerprint density at radius 2 is 2.28 bits per heavy atom. The highest BCUT2D eigenvalue weighted by Crippen LogP contribution is 2.10. The van der Waals surface area contributed by atoms with Crippen LogP contribution in [0.15, 0.2) is 18.3 Å². The van der Waals surface area contributed by atoms with Crippen molar-refractivity contribution >= 4 is 17.2 Å². The average molecular weight is 267 g/mol. The number of nitrogens with two attached hydrogens (primary N) is 1. The van der Waals surface area contributed by atoms with Gasteiger partial charge in [0, 0.05) is 19.3 Å². The fourth-order valence-corrected chi connectivity index (χ4v) is 2.01. The number of hydrogen-bond acceptors (Lipinski definition) is 4. The molecule has 0 aliphatic heterocycles. The van der Waals surface area contributed by atoms with Gasteiger partial charge in [-0.3, -0.25) is 9.88 Å². The van der Waals surface area contributed by atoms with Crippen LogP contribution in [0.5, 0.6) is 0 Å². The summed E-state index contributed by atoms with van der Waals surface area (Å²) < 4.78 is 0. The number of aromatic nitrogens is 1. The first kappa shape index (κ1) is 15.0. The molecule has 3 N–H and O–H groups in total. The van der Waals surface area contributed by atoms with Crippen molar-refractivity contribution < 1.29 is 5.11 Å². The van der Waals surface area contributed by atoms with Crippen molar-refractivity contribution in [3.63, 3.8) is 0 Å². The SMILES string of the molecule is CCCCN(CCO)Cc1cccnc1C(N)=S. The van der Waals surface area contributed by atoms with Gasteiger partial charge in [0.25, 0.3) is 0 Å². The Bertz CT molecular complexity index is 384. The van der Waals surface area contributed by atoms with Crippen molar-refractivity contribution in [3.05, 3.63) is 29.6 Å². The van der Waals surface area contributed by atoms with Crippen LogP contribution in [0.1, 0.15) is 31.0 Å². The molecule has 0 saturated carbocycles. The van der Waals surface area contributed by atoms with Crippen LogP contribution < -0.4 is 5.73 Å². The minimum absolute atomic E-state index is 0.159. The second-order valence-electron chi connectivity index (χ2n) is 4.23. The van der Waals surface area contributed by atoms with E-state index in [2.05, 4.69) is 16.8 Å². The number of aliphatic hydroxyl groups excluding tert-OH is 1. The first-order valence-electron chi connectivity index (χ1n) is 6.26. The predicted molar refractivity (Wildman–Crippen MR) is 77.4 cm³/mol. The Hall–Kier alpha value is -1.04. The number of hydrogen-bond donors (Lipinski definition) is 2. The van der Waals surface area contributed by atoms with E-state index in [9.17, 15) is 0 Å². The van der Waals surface area contributed by atoms with E-state index in [4.69, 9.17) is 23.1 Å². The van der Waals surface area contributed by atoms with Gasteiger partial charge in [0.2, 0.25) is 0 Å². The van der Waals surface area contributed by atoms with Crippen LogP contribution in [-0.2, 0) is 6.54 Å². The number of rotatable bonds is 8. The third-order valence-corrected chi connectivity index (χ3v) is 2.96. The van der Waals surface area contributed by atoms with Crippen molar-refractivity contribution in [3.8, 4) is 0 Å². The lowest BCUT2D eigenvalue weighted by atomic mass is 10.1. The highest BCUT2D eigenvalue weighted by atomic mass is 32.1. The summed E-state index contributed by atoms with van der Waals surface area (Å²) in [4.78, 5) is 6.74. The maximum Gasteiger partial charge on any atom is 0.123 e. The van der Waals surface area contributed by atoms with Gasteiger partial charge in [0.1, 0.15) is 10.7 Å². The van der Waals surface area contributed by atoms with E-state index < -0.39 is 0 Å². The van der Waals surface area contributed by atoms with E-state index in [1.807, 2.05) is 12.1 Å². The molecule has 1 aromatic heterocycles. The molecule has 18 heavy (non-hydrogen) atoms. The van der Waals surface area contributed by atoms with Crippen molar-refractivity contribution in [2.45, 2.75) is 26.3 Å². The van der Waals surface area contributed by atoms with Gasteiger partial charge in [-0.1, -0.05) is 31.6 Å². The molecular weight excluding hydrogens is 246 g/mol. The summed E-state index contributed by atoms with van der Waals surface area (Å²) in [5.41, 5.74) is 7.38. The topological polar surface area (TPSA) is 62.4 Å². The predicted octanol–water partition coefficient (Wildman–Crippen LogP) is 1.31. The highest BCUT2D eigenvalue weighted by Gasteiger charge is 2.10. The fraction of sp³-hybridized carbons (Fsp3) is 0.538. The maximum absolute atomic E-state index is 9.08. The molecule has 0 aliphatic carbocycles. The van der Waals surface area contributed by atoms with Crippen LogP contribution in [0.4, 0.5) is 0 Å². The van der Waals surface area contributed by atoms with Gasteiger partial charge in [0.05, 0.1) is 6.61 Å². The minimum Gasteiger partial charge on any atom is -0.395 e. The molecule has 0 atom stereocenters. The number of nitrogens with zero attached hydrogens (tertiary/aromatic N) is 2. The second kappa shape index (κ2) is 8.13. The molecule has 1 rings (SSSR count). The van der Waals surface area contributed by atoms with Crippen molar-refractivity contribution in [1.29, 1.82) is 0 Å². The van der Waals surface area contributed by atoms with Crippen molar-refractivity contribution in [1.82, 2.24) is 9.88 Å². The van der Waals surface area contributed by atoms with Crippen molar-refractivity contribution in [2.75, 3.05) is 19.7 Å². The van der Waals surface area contributed by atoms with Gasteiger partial charge in [0.15, 0.2) is 0 Å². The molecule has 5 heteroatoms. The number of pyridine rings is 1. The first-order valence-corrected chi connectivity index (χ1v) is 6.66. The van der Waals surface area contributed by atoms with E-state index in [-0.39, 0.29) is 6.61 Å². The monoisotopic (exact) mass is 267 g/mol. The summed E-state index contributed by atoms with van der Waals surface area (Å²) in [6.07, 6.45) is 3.94. The fourth-order valence-electron chi connectivity index (χ4n) is 1.82. The molecule has 0 amide bonds. The molecule has 4 nitrogen and oxygen atoms in total. The van der Waals surface area contributed by atoms with Gasteiger partial charge in [-0.25, -0.2) is 0 Å². The zero-order valence-corrected chi connectivity index (χ0v) is 11.6. The molecule has 0 unspecified atom stereocenters. The number of aliphatic hydroxyl groups is 1. The molecule has 0 radical (unpaired) electrons. The quantitative estimate of drug-likeness (QED) is 0.695. The Morgan fingerprint density at radius 3 is 2.89 bits per heavy atom. The van der Waals surface area contributed by atoms with E-state index in [0.29, 0.717) is 17.2 Å². The molecule has 1 heterocycles. The van der Waals surface area contributed by atoms with E-state index in [0.717, 1.165) is 31.5 Å². The number of thiocarbonyl (C=S) groups is 1. The lowest BCUT2D eigenvalue weighted by Crippen LogP contribution is -2.29. The Labute approximate surface area is 114 Å². The summed E-state index contributed by atoms with van der Waals surface area (Å²) in [5, 5.41) is 9.08. The van der Waals surface area contributed by atoms with Crippen molar-refractivity contribution in [2.24, 2.45) is 5.73 Å². The summed E-state index contributed by atoms with van der Waals surface area (Å²) in [7, 11) is 0. The smallest absolute Gasteiger partial charge is 0.123 e. The van der Waals surface area contributed by atoms with Crippen LogP contribution in [0.2, 0.25) is 0 Å². The maximum atomic E-state index is 9.08. The molecule has 0 spiro atoms. The van der Waals surface area contributed by atoms with Crippen LogP contribution in [0.25, 0.3) is 0 Å². The molecule has 1 aromatic rings. The van der Waals surface area contributed by atoms with Crippen LogP contribution in [-0.4, -0.2) is 39.7 Å².